The number of hydrogen-bond donors (Lipinski definition) is 1. The summed E-state index contributed by atoms with van der Waals surface area (Å²) in [6.45, 7) is 3.90. The number of nitrogens with zero attached hydrogens (tertiary/aromatic N) is 3. The lowest BCUT2D eigenvalue weighted by molar-refractivity contribution is -0.136. The molecule has 1 aromatic rings. The molecule has 2 aliphatic heterocycles. The number of sulfonamides is 1. The Hall–Kier alpha value is -2.13. The molecule has 2 fully saturated rings. The molecule has 2 aliphatic rings. The summed E-state index contributed by atoms with van der Waals surface area (Å²) in [7, 11) is -3.37. The lowest BCUT2D eigenvalue weighted by atomic mass is 9.97. The largest absolute Gasteiger partial charge is 0.368 e. The molecule has 2 saturated heterocycles. The second-order valence-electron chi connectivity index (χ2n) is 8.04. The molecular weight excluding hydrogens is 404 g/mol. The van der Waals surface area contributed by atoms with Gasteiger partial charge in [0.1, 0.15) is 0 Å². The van der Waals surface area contributed by atoms with Crippen molar-refractivity contribution in [1.82, 2.24) is 14.5 Å². The van der Waals surface area contributed by atoms with E-state index in [2.05, 4.69) is 22.3 Å². The number of piperazine rings is 1. The zero-order valence-corrected chi connectivity index (χ0v) is 18.4. The van der Waals surface area contributed by atoms with Gasteiger partial charge in [-0.15, -0.1) is 0 Å². The highest BCUT2D eigenvalue weighted by Crippen LogP contribution is 2.20. The number of nitrogens with one attached hydrogen (secondary N) is 1. The predicted molar refractivity (Wildman–Crippen MR) is 117 cm³/mol. The molecule has 1 N–H and O–H groups in total. The maximum atomic E-state index is 13.2. The Morgan fingerprint density at radius 1 is 1.00 bits per heavy atom. The van der Waals surface area contributed by atoms with E-state index in [-0.39, 0.29) is 30.7 Å². The van der Waals surface area contributed by atoms with Gasteiger partial charge in [-0.05, 0) is 31.4 Å². The van der Waals surface area contributed by atoms with Crippen LogP contribution in [0.1, 0.15) is 25.7 Å². The zero-order chi connectivity index (χ0) is 21.6. The van der Waals surface area contributed by atoms with Crippen LogP contribution in [-0.4, -0.2) is 81.5 Å². The first kappa shape index (κ1) is 22.6. The first-order valence-electron chi connectivity index (χ1n) is 10.6. The van der Waals surface area contributed by atoms with Crippen LogP contribution >= 0.6 is 0 Å². The Kier molecular flexibility index (Phi) is 7.71. The predicted octanol–water partition coefficient (Wildman–Crippen LogP) is 0.903. The van der Waals surface area contributed by atoms with Crippen molar-refractivity contribution in [3.63, 3.8) is 0 Å². The van der Waals surface area contributed by atoms with E-state index in [1.54, 1.807) is 0 Å². The highest BCUT2D eigenvalue weighted by atomic mass is 32.2. The summed E-state index contributed by atoms with van der Waals surface area (Å²) in [6, 6.07) is 10.2. The van der Waals surface area contributed by atoms with Crippen molar-refractivity contribution in [2.75, 3.05) is 57.0 Å². The Balaban J connectivity index is 1.59. The van der Waals surface area contributed by atoms with E-state index < -0.39 is 10.0 Å². The number of rotatable bonds is 3. The molecule has 0 aliphatic carbocycles. The van der Waals surface area contributed by atoms with Gasteiger partial charge in [-0.25, -0.2) is 12.7 Å². The van der Waals surface area contributed by atoms with Crippen molar-refractivity contribution in [2.45, 2.75) is 25.7 Å². The Labute approximate surface area is 179 Å². The van der Waals surface area contributed by atoms with Crippen LogP contribution in [-0.2, 0) is 19.6 Å². The van der Waals surface area contributed by atoms with E-state index in [0.717, 1.165) is 13.1 Å². The first-order chi connectivity index (χ1) is 14.3. The Morgan fingerprint density at radius 2 is 1.70 bits per heavy atom. The van der Waals surface area contributed by atoms with Crippen molar-refractivity contribution in [2.24, 2.45) is 5.92 Å². The second-order valence-corrected chi connectivity index (χ2v) is 10.0. The van der Waals surface area contributed by atoms with Gasteiger partial charge in [0.15, 0.2) is 0 Å². The smallest absolute Gasteiger partial charge is 0.225 e. The number of benzene rings is 1. The summed E-state index contributed by atoms with van der Waals surface area (Å²) >= 11 is 0. The van der Waals surface area contributed by atoms with Gasteiger partial charge in [-0.1, -0.05) is 18.2 Å². The number of para-hydroxylation sites is 1. The number of hydrogen-bond acceptors (Lipinski definition) is 5. The molecule has 1 aromatic carbocycles. The van der Waals surface area contributed by atoms with Gasteiger partial charge < -0.3 is 15.1 Å². The van der Waals surface area contributed by atoms with Gasteiger partial charge in [0.25, 0.3) is 0 Å². The van der Waals surface area contributed by atoms with Crippen LogP contribution in [0.15, 0.2) is 30.3 Å². The molecule has 8 nitrogen and oxygen atoms in total. The van der Waals surface area contributed by atoms with E-state index in [4.69, 9.17) is 0 Å². The van der Waals surface area contributed by atoms with Crippen LogP contribution in [0.3, 0.4) is 0 Å². The number of carbonyl (C=O) groups is 2. The third-order valence-electron chi connectivity index (χ3n) is 5.89. The van der Waals surface area contributed by atoms with Crippen molar-refractivity contribution in [3.8, 4) is 0 Å². The van der Waals surface area contributed by atoms with Gasteiger partial charge in [0.05, 0.1) is 6.26 Å². The molecule has 2 heterocycles. The molecule has 0 aromatic heterocycles. The molecule has 166 valence electrons. The molecule has 0 radical (unpaired) electrons. The summed E-state index contributed by atoms with van der Waals surface area (Å²) in [6.07, 6.45) is 3.14. The lowest BCUT2D eigenvalue weighted by Gasteiger charge is -2.37. The van der Waals surface area contributed by atoms with Crippen molar-refractivity contribution in [3.05, 3.63) is 30.3 Å². The normalized spacial score (nSPS) is 22.8. The van der Waals surface area contributed by atoms with Crippen LogP contribution in [0, 0.1) is 5.92 Å². The molecule has 30 heavy (non-hydrogen) atoms. The minimum atomic E-state index is -3.37. The van der Waals surface area contributed by atoms with Gasteiger partial charge in [0, 0.05) is 63.8 Å². The number of amides is 2. The summed E-state index contributed by atoms with van der Waals surface area (Å²) in [5.74, 6) is -0.261. The van der Waals surface area contributed by atoms with Crippen molar-refractivity contribution < 1.29 is 18.0 Å². The second kappa shape index (κ2) is 10.3. The molecular formula is C21H32N4O4S. The zero-order valence-electron chi connectivity index (χ0n) is 17.6. The molecule has 3 rings (SSSR count). The van der Waals surface area contributed by atoms with Crippen LogP contribution in [0.4, 0.5) is 5.69 Å². The summed E-state index contributed by atoms with van der Waals surface area (Å²) in [5.41, 5.74) is 1.17. The third kappa shape index (κ3) is 6.18. The fourth-order valence-electron chi connectivity index (χ4n) is 4.13. The molecule has 9 heteroatoms. The SMILES string of the molecule is CS(=O)(=O)N1CCCC(C(=O)N2CCN(c3ccccc3)CC2)CCNC(=O)CC1. The monoisotopic (exact) mass is 436 g/mol. The minimum Gasteiger partial charge on any atom is -0.368 e. The third-order valence-corrected chi connectivity index (χ3v) is 7.20. The van der Waals surface area contributed by atoms with E-state index in [1.165, 1.54) is 16.2 Å². The summed E-state index contributed by atoms with van der Waals surface area (Å²) in [4.78, 5) is 29.4. The molecule has 1 unspecified atom stereocenters. The van der Waals surface area contributed by atoms with Gasteiger partial charge >= 0.3 is 0 Å². The van der Waals surface area contributed by atoms with E-state index >= 15 is 0 Å². The molecule has 0 saturated carbocycles. The van der Waals surface area contributed by atoms with Crippen molar-refractivity contribution in [1.29, 1.82) is 0 Å². The van der Waals surface area contributed by atoms with Crippen LogP contribution in [0.2, 0.25) is 0 Å². The van der Waals surface area contributed by atoms with E-state index in [0.29, 0.717) is 45.4 Å². The van der Waals surface area contributed by atoms with E-state index in [1.807, 2.05) is 23.1 Å². The minimum absolute atomic E-state index is 0.113. The molecule has 0 bridgehead atoms. The Morgan fingerprint density at radius 3 is 2.37 bits per heavy atom. The van der Waals surface area contributed by atoms with Crippen molar-refractivity contribution >= 4 is 27.5 Å². The number of carbonyl (C=O) groups excluding carboxylic acids is 2. The Bertz CT molecular complexity index is 823. The molecule has 2 amide bonds. The maximum absolute atomic E-state index is 13.2. The van der Waals surface area contributed by atoms with Gasteiger partial charge in [-0.3, -0.25) is 9.59 Å². The standard InChI is InChI=1S/C21H32N4O4S/c1-30(28,29)25-12-5-6-18(9-11-22-20(26)10-13-25)21(27)24-16-14-23(15-17-24)19-7-3-2-4-8-19/h2-4,7-8,18H,5-6,9-17H2,1H3,(H,22,26). The quantitative estimate of drug-likeness (QED) is 0.761. The van der Waals surface area contributed by atoms with Crippen LogP contribution < -0.4 is 10.2 Å². The summed E-state index contributed by atoms with van der Waals surface area (Å²) < 4.78 is 25.3. The summed E-state index contributed by atoms with van der Waals surface area (Å²) in [5, 5.41) is 2.83. The average molecular weight is 437 g/mol. The average Bonchev–Trinajstić information content (AvgIpc) is 2.78. The highest BCUT2D eigenvalue weighted by molar-refractivity contribution is 7.88. The number of anilines is 1. The van der Waals surface area contributed by atoms with Gasteiger partial charge in [0.2, 0.25) is 21.8 Å². The highest BCUT2D eigenvalue weighted by Gasteiger charge is 2.28. The van der Waals surface area contributed by atoms with Crippen LogP contribution in [0.5, 0.6) is 0 Å². The first-order valence-corrected chi connectivity index (χ1v) is 12.5. The maximum Gasteiger partial charge on any atom is 0.225 e. The molecule has 0 spiro atoms. The van der Waals surface area contributed by atoms with E-state index in [9.17, 15) is 18.0 Å². The van der Waals surface area contributed by atoms with Gasteiger partial charge in [-0.2, -0.15) is 0 Å². The fraction of sp³-hybridized carbons (Fsp3) is 0.619. The lowest BCUT2D eigenvalue weighted by Crippen LogP contribution is -2.50. The van der Waals surface area contributed by atoms with Crippen LogP contribution in [0.25, 0.3) is 0 Å². The molecule has 1 atom stereocenters. The fourth-order valence-corrected chi connectivity index (χ4v) is 5.01. The topological polar surface area (TPSA) is 90.0 Å².